The molecule has 0 bridgehead atoms. The molecule has 2 heterocycles. The normalized spacial score (nSPS) is 18.1. The van der Waals surface area contributed by atoms with Crippen molar-refractivity contribution in [2.75, 3.05) is 31.6 Å². The number of urea groups is 1. The van der Waals surface area contributed by atoms with Crippen molar-refractivity contribution in [1.82, 2.24) is 20.0 Å². The summed E-state index contributed by atoms with van der Waals surface area (Å²) in [4.78, 5) is 14.4. The summed E-state index contributed by atoms with van der Waals surface area (Å²) >= 11 is 0. The average molecular weight is 337 g/mol. The summed E-state index contributed by atoms with van der Waals surface area (Å²) in [5, 5.41) is 19.5. The van der Waals surface area contributed by atoms with Gasteiger partial charge in [-0.05, 0) is 59.5 Å². The van der Waals surface area contributed by atoms with Gasteiger partial charge < -0.3 is 15.7 Å². The Morgan fingerprint density at radius 3 is 2.83 bits per heavy atom. The number of carbonyl (C=O) groups excluding carboxylic acids is 1. The van der Waals surface area contributed by atoms with Crippen LogP contribution >= 0.6 is 0 Å². The lowest BCUT2D eigenvalue weighted by molar-refractivity contribution is 0.157. The van der Waals surface area contributed by atoms with Gasteiger partial charge in [-0.25, -0.2) is 4.79 Å². The Hall–Kier alpha value is -1.60. The van der Waals surface area contributed by atoms with E-state index in [0.717, 1.165) is 56.0 Å². The van der Waals surface area contributed by atoms with Crippen LogP contribution in [0.15, 0.2) is 0 Å². The van der Waals surface area contributed by atoms with Crippen molar-refractivity contribution < 1.29 is 9.90 Å². The molecule has 0 aliphatic carbocycles. The highest BCUT2D eigenvalue weighted by Crippen LogP contribution is 2.19. The number of nitrogens with zero attached hydrogens (tertiary/aromatic N) is 3. The van der Waals surface area contributed by atoms with Crippen LogP contribution in [-0.2, 0) is 6.54 Å². The van der Waals surface area contributed by atoms with Crippen LogP contribution in [0, 0.1) is 13.8 Å². The molecule has 0 spiro atoms. The topological polar surface area (TPSA) is 82.4 Å². The van der Waals surface area contributed by atoms with Gasteiger partial charge in [0.1, 0.15) is 0 Å². The molecule has 24 heavy (non-hydrogen) atoms. The first-order valence-corrected chi connectivity index (χ1v) is 9.00. The van der Waals surface area contributed by atoms with Crippen LogP contribution in [0.25, 0.3) is 0 Å². The number of likely N-dealkylation sites (tertiary alicyclic amines) is 1. The molecule has 3 N–H and O–H groups in total. The van der Waals surface area contributed by atoms with E-state index < -0.39 is 0 Å². The van der Waals surface area contributed by atoms with E-state index in [-0.39, 0.29) is 12.6 Å². The standard InChI is InChI=1S/C17H31N5O2/c1-4-22-14(3)16(13(2)20-22)19-17(24)18-9-5-6-10-21-11-7-8-15(21)12-23/h15,23H,4-12H2,1-3H3,(H2,18,19,24). The van der Waals surface area contributed by atoms with Crippen molar-refractivity contribution in [3.05, 3.63) is 11.4 Å². The molecular weight excluding hydrogens is 306 g/mol. The van der Waals surface area contributed by atoms with E-state index in [1.54, 1.807) is 0 Å². The molecule has 1 aromatic heterocycles. The molecule has 1 unspecified atom stereocenters. The molecule has 136 valence electrons. The minimum absolute atomic E-state index is 0.175. The Morgan fingerprint density at radius 1 is 1.38 bits per heavy atom. The number of carbonyl (C=O) groups is 1. The summed E-state index contributed by atoms with van der Waals surface area (Å²) in [5.74, 6) is 0. The molecule has 1 saturated heterocycles. The second-order valence-corrected chi connectivity index (χ2v) is 6.46. The summed E-state index contributed by atoms with van der Waals surface area (Å²) < 4.78 is 1.89. The molecule has 0 radical (unpaired) electrons. The minimum atomic E-state index is -0.175. The zero-order chi connectivity index (χ0) is 17.5. The van der Waals surface area contributed by atoms with Crippen LogP contribution in [0.5, 0.6) is 0 Å². The number of rotatable bonds is 8. The Labute approximate surface area is 144 Å². The number of aromatic nitrogens is 2. The van der Waals surface area contributed by atoms with E-state index in [0.29, 0.717) is 12.6 Å². The zero-order valence-electron chi connectivity index (χ0n) is 15.1. The third-order valence-corrected chi connectivity index (χ3v) is 4.79. The van der Waals surface area contributed by atoms with Gasteiger partial charge in [0.15, 0.2) is 0 Å². The van der Waals surface area contributed by atoms with Crippen LogP contribution < -0.4 is 10.6 Å². The van der Waals surface area contributed by atoms with E-state index in [4.69, 9.17) is 0 Å². The lowest BCUT2D eigenvalue weighted by Crippen LogP contribution is -2.34. The van der Waals surface area contributed by atoms with E-state index in [1.165, 1.54) is 6.42 Å². The van der Waals surface area contributed by atoms with Crippen molar-refractivity contribution in [2.45, 2.75) is 59.0 Å². The summed E-state index contributed by atoms with van der Waals surface area (Å²) in [7, 11) is 0. The van der Waals surface area contributed by atoms with Crippen LogP contribution in [0.1, 0.15) is 44.0 Å². The van der Waals surface area contributed by atoms with Crippen molar-refractivity contribution in [3.8, 4) is 0 Å². The maximum atomic E-state index is 12.0. The van der Waals surface area contributed by atoms with Crippen LogP contribution in [0.3, 0.4) is 0 Å². The second-order valence-electron chi connectivity index (χ2n) is 6.46. The first-order valence-electron chi connectivity index (χ1n) is 9.00. The van der Waals surface area contributed by atoms with Gasteiger partial charge >= 0.3 is 6.03 Å². The number of anilines is 1. The first-order chi connectivity index (χ1) is 11.6. The second kappa shape index (κ2) is 9.03. The zero-order valence-corrected chi connectivity index (χ0v) is 15.1. The Balaban J connectivity index is 1.66. The first kappa shape index (κ1) is 18.7. The maximum absolute atomic E-state index is 12.0. The molecule has 0 aromatic carbocycles. The molecule has 2 amide bonds. The van der Waals surface area contributed by atoms with Gasteiger partial charge in [0.05, 0.1) is 23.7 Å². The fourth-order valence-electron chi connectivity index (χ4n) is 3.38. The third kappa shape index (κ3) is 4.70. The van der Waals surface area contributed by atoms with Crippen LogP contribution in [0.4, 0.5) is 10.5 Å². The van der Waals surface area contributed by atoms with Gasteiger partial charge in [-0.15, -0.1) is 0 Å². The highest BCUT2D eigenvalue weighted by atomic mass is 16.3. The maximum Gasteiger partial charge on any atom is 0.319 e. The van der Waals surface area contributed by atoms with E-state index >= 15 is 0 Å². The molecule has 7 nitrogen and oxygen atoms in total. The molecule has 1 aromatic rings. The smallest absolute Gasteiger partial charge is 0.319 e. The highest BCUT2D eigenvalue weighted by Gasteiger charge is 2.22. The number of hydrogen-bond acceptors (Lipinski definition) is 4. The summed E-state index contributed by atoms with van der Waals surface area (Å²) in [6.07, 6.45) is 4.24. The molecule has 7 heteroatoms. The van der Waals surface area contributed by atoms with Gasteiger partial charge in [0, 0.05) is 19.1 Å². The Kier molecular flexibility index (Phi) is 7.05. The largest absolute Gasteiger partial charge is 0.395 e. The Morgan fingerprint density at radius 2 is 2.17 bits per heavy atom. The predicted molar refractivity (Wildman–Crippen MR) is 95.3 cm³/mol. The fourth-order valence-corrected chi connectivity index (χ4v) is 3.38. The number of nitrogens with one attached hydrogen (secondary N) is 2. The molecular formula is C17H31N5O2. The van der Waals surface area contributed by atoms with Gasteiger partial charge in [-0.3, -0.25) is 9.58 Å². The molecule has 1 aliphatic heterocycles. The SMILES string of the molecule is CCn1nc(C)c(NC(=O)NCCCCN2CCCC2CO)c1C. The van der Waals surface area contributed by atoms with Crippen LogP contribution in [-0.4, -0.2) is 58.1 Å². The number of unbranched alkanes of at least 4 members (excludes halogenated alkanes) is 1. The van der Waals surface area contributed by atoms with Crippen molar-refractivity contribution >= 4 is 11.7 Å². The predicted octanol–water partition coefficient (Wildman–Crippen LogP) is 1.88. The summed E-state index contributed by atoms with van der Waals surface area (Å²) in [6, 6.07) is 0.161. The molecule has 1 aliphatic rings. The van der Waals surface area contributed by atoms with E-state index in [1.807, 2.05) is 25.5 Å². The van der Waals surface area contributed by atoms with Crippen molar-refractivity contribution in [2.24, 2.45) is 0 Å². The number of aryl methyl sites for hydroxylation is 2. The summed E-state index contributed by atoms with van der Waals surface area (Å²) in [6.45, 7) is 9.69. The van der Waals surface area contributed by atoms with E-state index in [2.05, 4.69) is 20.6 Å². The monoisotopic (exact) mass is 337 g/mol. The highest BCUT2D eigenvalue weighted by molar-refractivity contribution is 5.90. The van der Waals surface area contributed by atoms with Crippen molar-refractivity contribution in [1.29, 1.82) is 0 Å². The average Bonchev–Trinajstić information content (AvgIpc) is 3.13. The molecule has 2 rings (SSSR count). The quantitative estimate of drug-likeness (QED) is 0.633. The number of aliphatic hydroxyl groups is 1. The van der Waals surface area contributed by atoms with Gasteiger partial charge in [0.2, 0.25) is 0 Å². The van der Waals surface area contributed by atoms with Gasteiger partial charge in [0.25, 0.3) is 0 Å². The van der Waals surface area contributed by atoms with Gasteiger partial charge in [-0.2, -0.15) is 5.10 Å². The minimum Gasteiger partial charge on any atom is -0.395 e. The fraction of sp³-hybridized carbons (Fsp3) is 0.765. The number of aliphatic hydroxyl groups excluding tert-OH is 1. The summed E-state index contributed by atoms with van der Waals surface area (Å²) in [5.41, 5.74) is 2.63. The van der Waals surface area contributed by atoms with E-state index in [9.17, 15) is 9.90 Å². The lowest BCUT2D eigenvalue weighted by Gasteiger charge is -2.22. The van der Waals surface area contributed by atoms with Crippen LogP contribution in [0.2, 0.25) is 0 Å². The molecule has 0 saturated carbocycles. The lowest BCUT2D eigenvalue weighted by atomic mass is 10.2. The Bertz CT molecular complexity index is 543. The number of hydrogen-bond donors (Lipinski definition) is 3. The third-order valence-electron chi connectivity index (χ3n) is 4.79. The van der Waals surface area contributed by atoms with Crippen molar-refractivity contribution in [3.63, 3.8) is 0 Å². The number of amides is 2. The van der Waals surface area contributed by atoms with Gasteiger partial charge in [-0.1, -0.05) is 0 Å². The molecule has 1 fully saturated rings. The molecule has 1 atom stereocenters.